The van der Waals surface area contributed by atoms with E-state index >= 15 is 4.39 Å². The van der Waals surface area contributed by atoms with Crippen LogP contribution in [0.4, 0.5) is 4.39 Å². The Morgan fingerprint density at radius 3 is 2.31 bits per heavy atom. The molecule has 0 radical (unpaired) electrons. The Labute approximate surface area is 169 Å². The lowest BCUT2D eigenvalue weighted by atomic mass is 9.99. The lowest BCUT2D eigenvalue weighted by Crippen LogP contribution is -2.28. The van der Waals surface area contributed by atoms with E-state index in [9.17, 15) is 9.59 Å². The molecule has 0 atom stereocenters. The molecular formula is C23H25FN2O3. The van der Waals surface area contributed by atoms with Crippen LogP contribution in [-0.2, 0) is 10.3 Å². The predicted octanol–water partition coefficient (Wildman–Crippen LogP) is 4.75. The molecular weight excluding hydrogens is 371 g/mol. The van der Waals surface area contributed by atoms with Gasteiger partial charge in [-0.3, -0.25) is 9.78 Å². The fourth-order valence-corrected chi connectivity index (χ4v) is 3.47. The lowest BCUT2D eigenvalue weighted by molar-refractivity contribution is 0.0524. The van der Waals surface area contributed by atoms with Crippen molar-refractivity contribution in [2.24, 2.45) is 0 Å². The molecule has 5 nitrogen and oxygen atoms in total. The molecule has 3 rings (SSSR count). The number of nitrogens with zero attached hydrogens (tertiary/aromatic N) is 2. The van der Waals surface area contributed by atoms with Crippen molar-refractivity contribution in [3.63, 3.8) is 0 Å². The van der Waals surface area contributed by atoms with E-state index in [1.165, 1.54) is 12.3 Å². The third-order valence-corrected chi connectivity index (χ3v) is 4.70. The van der Waals surface area contributed by atoms with Crippen molar-refractivity contribution in [1.29, 1.82) is 0 Å². The number of ether oxygens (including phenoxy) is 1. The van der Waals surface area contributed by atoms with Gasteiger partial charge in [0.05, 0.1) is 12.1 Å². The topological polar surface area (TPSA) is 61.2 Å². The Balaban J connectivity index is 2.39. The van der Waals surface area contributed by atoms with Crippen molar-refractivity contribution >= 4 is 16.9 Å². The molecule has 3 aromatic rings. The van der Waals surface area contributed by atoms with Gasteiger partial charge in [0.1, 0.15) is 11.4 Å². The van der Waals surface area contributed by atoms with Gasteiger partial charge in [0.2, 0.25) is 5.43 Å². The Hall–Kier alpha value is -3.02. The highest BCUT2D eigenvalue weighted by Crippen LogP contribution is 2.30. The zero-order valence-electron chi connectivity index (χ0n) is 17.6. The molecule has 0 aliphatic carbocycles. The van der Waals surface area contributed by atoms with Gasteiger partial charge >= 0.3 is 5.97 Å². The van der Waals surface area contributed by atoms with Gasteiger partial charge in [-0.25, -0.2) is 9.18 Å². The summed E-state index contributed by atoms with van der Waals surface area (Å²) in [6, 6.07) is 6.50. The molecule has 0 fully saturated rings. The Kier molecular flexibility index (Phi) is 5.30. The quantitative estimate of drug-likeness (QED) is 0.600. The molecule has 0 spiro atoms. The second-order valence-electron chi connectivity index (χ2n) is 8.12. The van der Waals surface area contributed by atoms with Crippen LogP contribution in [0.2, 0.25) is 0 Å². The van der Waals surface area contributed by atoms with E-state index in [4.69, 9.17) is 4.74 Å². The summed E-state index contributed by atoms with van der Waals surface area (Å²) in [6.07, 6.45) is 1.51. The van der Waals surface area contributed by atoms with Gasteiger partial charge in [-0.05, 0) is 71.4 Å². The Bertz CT molecular complexity index is 1150. The molecule has 2 heterocycles. The molecule has 0 saturated heterocycles. The SMILES string of the molecule is CCOC(=O)c1cn(C(C)(C)C)c2cc(-c3cc(C)nc(C)c3)c(F)cc2c1=O. The number of fused-ring (bicyclic) bond motifs is 1. The second kappa shape index (κ2) is 7.43. The molecule has 0 aliphatic heterocycles. The minimum atomic E-state index is -0.706. The Morgan fingerprint density at radius 1 is 1.14 bits per heavy atom. The maximum Gasteiger partial charge on any atom is 0.343 e. The van der Waals surface area contributed by atoms with E-state index < -0.39 is 22.8 Å². The number of aromatic nitrogens is 2. The number of halogens is 1. The van der Waals surface area contributed by atoms with Crippen molar-refractivity contribution in [2.75, 3.05) is 6.61 Å². The van der Waals surface area contributed by atoms with Gasteiger partial charge < -0.3 is 9.30 Å². The minimum Gasteiger partial charge on any atom is -0.462 e. The molecule has 0 N–H and O–H groups in total. The summed E-state index contributed by atoms with van der Waals surface area (Å²) in [7, 11) is 0. The number of carbonyl (C=O) groups excluding carboxylic acids is 1. The van der Waals surface area contributed by atoms with Gasteiger partial charge in [-0.1, -0.05) is 0 Å². The number of rotatable bonds is 3. The minimum absolute atomic E-state index is 0.1000. The van der Waals surface area contributed by atoms with Crippen molar-refractivity contribution in [3.8, 4) is 11.1 Å². The van der Waals surface area contributed by atoms with E-state index in [1.807, 2.05) is 51.3 Å². The number of aryl methyl sites for hydroxylation is 2. The molecule has 6 heteroatoms. The molecule has 0 aliphatic rings. The van der Waals surface area contributed by atoms with Crippen LogP contribution in [0.25, 0.3) is 22.0 Å². The number of carbonyl (C=O) groups is 1. The highest BCUT2D eigenvalue weighted by molar-refractivity contribution is 5.95. The van der Waals surface area contributed by atoms with E-state index in [2.05, 4.69) is 4.98 Å². The Morgan fingerprint density at radius 2 is 1.76 bits per heavy atom. The maximum absolute atomic E-state index is 15.1. The van der Waals surface area contributed by atoms with Crippen LogP contribution in [0.3, 0.4) is 0 Å². The summed E-state index contributed by atoms with van der Waals surface area (Å²) < 4.78 is 21.9. The molecule has 2 aromatic heterocycles. The molecule has 0 unspecified atom stereocenters. The maximum atomic E-state index is 15.1. The number of pyridine rings is 2. The van der Waals surface area contributed by atoms with E-state index in [0.717, 1.165) is 11.4 Å². The molecule has 29 heavy (non-hydrogen) atoms. The normalized spacial score (nSPS) is 11.7. The summed E-state index contributed by atoms with van der Waals surface area (Å²) in [5, 5.41) is 0.147. The molecule has 0 bridgehead atoms. The van der Waals surface area contributed by atoms with Crippen LogP contribution in [0.15, 0.2) is 35.3 Å². The van der Waals surface area contributed by atoms with Crippen molar-refractivity contribution in [2.45, 2.75) is 47.1 Å². The summed E-state index contributed by atoms with van der Waals surface area (Å²) >= 11 is 0. The molecule has 0 saturated carbocycles. The first-order valence-electron chi connectivity index (χ1n) is 9.55. The average molecular weight is 396 g/mol. The zero-order valence-corrected chi connectivity index (χ0v) is 17.6. The summed E-state index contributed by atoms with van der Waals surface area (Å²) in [5.74, 6) is -1.23. The van der Waals surface area contributed by atoms with E-state index in [0.29, 0.717) is 16.6 Å². The van der Waals surface area contributed by atoms with Crippen LogP contribution < -0.4 is 5.43 Å². The van der Waals surface area contributed by atoms with Gasteiger partial charge in [0.15, 0.2) is 0 Å². The third kappa shape index (κ3) is 3.92. The predicted molar refractivity (Wildman–Crippen MR) is 112 cm³/mol. The molecule has 0 amide bonds. The van der Waals surface area contributed by atoms with Crippen LogP contribution in [0, 0.1) is 19.7 Å². The number of esters is 1. The standard InChI is InChI=1S/C23H25FN2O3/c1-7-29-22(28)18-12-26(23(4,5)6)20-11-16(19(24)10-17(20)21(18)27)15-8-13(2)25-14(3)9-15/h8-12H,7H2,1-6H3. The average Bonchev–Trinajstić information content (AvgIpc) is 2.60. The smallest absolute Gasteiger partial charge is 0.343 e. The van der Waals surface area contributed by atoms with Crippen LogP contribution >= 0.6 is 0 Å². The summed E-state index contributed by atoms with van der Waals surface area (Å²) in [6.45, 7) is 11.4. The molecule has 152 valence electrons. The van der Waals surface area contributed by atoms with Gasteiger partial charge in [0.25, 0.3) is 0 Å². The van der Waals surface area contributed by atoms with Crippen LogP contribution in [0.5, 0.6) is 0 Å². The first-order chi connectivity index (χ1) is 13.5. The van der Waals surface area contributed by atoms with E-state index in [1.54, 1.807) is 13.0 Å². The number of hydrogen-bond donors (Lipinski definition) is 0. The lowest BCUT2D eigenvalue weighted by Gasteiger charge is -2.27. The van der Waals surface area contributed by atoms with Gasteiger partial charge in [-0.2, -0.15) is 0 Å². The fourth-order valence-electron chi connectivity index (χ4n) is 3.47. The second-order valence-corrected chi connectivity index (χ2v) is 8.12. The van der Waals surface area contributed by atoms with Crippen molar-refractivity contribution in [1.82, 2.24) is 9.55 Å². The van der Waals surface area contributed by atoms with Crippen molar-refractivity contribution in [3.05, 3.63) is 63.5 Å². The molecule has 1 aromatic carbocycles. The third-order valence-electron chi connectivity index (χ3n) is 4.70. The highest BCUT2D eigenvalue weighted by atomic mass is 19.1. The number of hydrogen-bond acceptors (Lipinski definition) is 4. The number of benzene rings is 1. The van der Waals surface area contributed by atoms with E-state index in [-0.39, 0.29) is 17.6 Å². The fraction of sp³-hybridized carbons (Fsp3) is 0.348. The summed E-state index contributed by atoms with van der Waals surface area (Å²) in [4.78, 5) is 29.6. The first-order valence-corrected chi connectivity index (χ1v) is 9.55. The van der Waals surface area contributed by atoms with Crippen LogP contribution in [0.1, 0.15) is 49.4 Å². The van der Waals surface area contributed by atoms with Gasteiger partial charge in [0, 0.05) is 34.1 Å². The largest absolute Gasteiger partial charge is 0.462 e. The van der Waals surface area contributed by atoms with Gasteiger partial charge in [-0.15, -0.1) is 0 Å². The van der Waals surface area contributed by atoms with Crippen molar-refractivity contribution < 1.29 is 13.9 Å². The zero-order chi connectivity index (χ0) is 21.5. The monoisotopic (exact) mass is 396 g/mol. The summed E-state index contributed by atoms with van der Waals surface area (Å²) in [5.41, 5.74) is 2.11. The van der Waals surface area contributed by atoms with Crippen LogP contribution in [-0.4, -0.2) is 22.1 Å². The first kappa shape index (κ1) is 20.7. The highest BCUT2D eigenvalue weighted by Gasteiger charge is 2.23.